The van der Waals surface area contributed by atoms with Crippen molar-refractivity contribution in [3.05, 3.63) is 59.9 Å². The average Bonchev–Trinajstić information content (AvgIpc) is 2.42. The average molecular weight is 259 g/mol. The highest BCUT2D eigenvalue weighted by molar-refractivity contribution is 5.48. The molecule has 1 unspecified atom stereocenters. The Morgan fingerprint density at radius 3 is 2.42 bits per heavy atom. The van der Waals surface area contributed by atoms with Crippen LogP contribution in [0.25, 0.3) is 0 Å². The molecule has 0 fully saturated rings. The van der Waals surface area contributed by atoms with Gasteiger partial charge in [-0.15, -0.1) is 0 Å². The van der Waals surface area contributed by atoms with E-state index in [0.717, 1.165) is 11.4 Å². The number of ether oxygens (including phenoxy) is 1. The third-order valence-corrected chi connectivity index (χ3v) is 2.92. The molecule has 3 heteroatoms. The molecule has 0 bridgehead atoms. The predicted octanol–water partition coefficient (Wildman–Crippen LogP) is 4.40. The molecule has 19 heavy (non-hydrogen) atoms. The fourth-order valence-electron chi connectivity index (χ4n) is 1.97. The standard InChI is InChI=1S/C16H18FNO/c1-3-19-14-10-8-13(9-11-14)18-12(2)15-6-4-5-7-16(15)17/h4-12,18H,3H2,1-2H3. The van der Waals surface area contributed by atoms with Gasteiger partial charge in [-0.1, -0.05) is 18.2 Å². The second-order valence-corrected chi connectivity index (χ2v) is 4.34. The smallest absolute Gasteiger partial charge is 0.128 e. The van der Waals surface area contributed by atoms with E-state index >= 15 is 0 Å². The Morgan fingerprint density at radius 2 is 1.79 bits per heavy atom. The maximum atomic E-state index is 13.6. The van der Waals surface area contributed by atoms with Gasteiger partial charge in [-0.25, -0.2) is 4.39 Å². The molecule has 0 saturated heterocycles. The summed E-state index contributed by atoms with van der Waals surface area (Å²) < 4.78 is 19.0. The molecule has 1 N–H and O–H groups in total. The summed E-state index contributed by atoms with van der Waals surface area (Å²) in [6.07, 6.45) is 0. The Kier molecular flexibility index (Phi) is 4.39. The second kappa shape index (κ2) is 6.23. The molecule has 2 rings (SSSR count). The number of hydrogen-bond donors (Lipinski definition) is 1. The maximum Gasteiger partial charge on any atom is 0.128 e. The maximum absolute atomic E-state index is 13.6. The van der Waals surface area contributed by atoms with E-state index in [9.17, 15) is 4.39 Å². The van der Waals surface area contributed by atoms with Crippen molar-refractivity contribution in [3.63, 3.8) is 0 Å². The van der Waals surface area contributed by atoms with Crippen LogP contribution in [-0.2, 0) is 0 Å². The van der Waals surface area contributed by atoms with Crippen LogP contribution in [0.5, 0.6) is 5.75 Å². The second-order valence-electron chi connectivity index (χ2n) is 4.34. The Balaban J connectivity index is 2.06. The summed E-state index contributed by atoms with van der Waals surface area (Å²) in [4.78, 5) is 0. The Morgan fingerprint density at radius 1 is 1.11 bits per heavy atom. The van der Waals surface area contributed by atoms with E-state index in [1.54, 1.807) is 12.1 Å². The predicted molar refractivity (Wildman–Crippen MR) is 76.0 cm³/mol. The first-order valence-corrected chi connectivity index (χ1v) is 6.44. The molecule has 0 aliphatic carbocycles. The van der Waals surface area contributed by atoms with Gasteiger partial charge in [-0.3, -0.25) is 0 Å². The largest absolute Gasteiger partial charge is 0.494 e. The third kappa shape index (κ3) is 3.47. The van der Waals surface area contributed by atoms with Gasteiger partial charge in [0, 0.05) is 11.3 Å². The van der Waals surface area contributed by atoms with Crippen molar-refractivity contribution < 1.29 is 9.13 Å². The summed E-state index contributed by atoms with van der Waals surface area (Å²) in [6, 6.07) is 14.4. The number of hydrogen-bond acceptors (Lipinski definition) is 2. The van der Waals surface area contributed by atoms with E-state index in [1.165, 1.54) is 6.07 Å². The van der Waals surface area contributed by atoms with Gasteiger partial charge in [0.1, 0.15) is 11.6 Å². The summed E-state index contributed by atoms with van der Waals surface area (Å²) in [7, 11) is 0. The van der Waals surface area contributed by atoms with Crippen molar-refractivity contribution in [3.8, 4) is 5.75 Å². The van der Waals surface area contributed by atoms with Gasteiger partial charge in [-0.2, -0.15) is 0 Å². The van der Waals surface area contributed by atoms with Crippen LogP contribution in [0.3, 0.4) is 0 Å². The first kappa shape index (κ1) is 13.4. The summed E-state index contributed by atoms with van der Waals surface area (Å²) in [5, 5.41) is 3.27. The molecule has 100 valence electrons. The van der Waals surface area contributed by atoms with E-state index < -0.39 is 0 Å². The molecule has 2 aromatic carbocycles. The van der Waals surface area contributed by atoms with Crippen molar-refractivity contribution >= 4 is 5.69 Å². The molecule has 0 aromatic heterocycles. The van der Waals surface area contributed by atoms with Crippen molar-refractivity contribution in [1.82, 2.24) is 0 Å². The third-order valence-electron chi connectivity index (χ3n) is 2.92. The zero-order chi connectivity index (χ0) is 13.7. The highest BCUT2D eigenvalue weighted by atomic mass is 19.1. The quantitative estimate of drug-likeness (QED) is 0.859. The lowest BCUT2D eigenvalue weighted by Gasteiger charge is -2.16. The lowest BCUT2D eigenvalue weighted by Crippen LogP contribution is -2.08. The van der Waals surface area contributed by atoms with Gasteiger partial charge in [0.25, 0.3) is 0 Å². The Bertz CT molecular complexity index is 525. The van der Waals surface area contributed by atoms with Crippen LogP contribution in [0.1, 0.15) is 25.5 Å². The minimum Gasteiger partial charge on any atom is -0.494 e. The highest BCUT2D eigenvalue weighted by Gasteiger charge is 2.09. The van der Waals surface area contributed by atoms with Gasteiger partial charge in [0.2, 0.25) is 0 Å². The van der Waals surface area contributed by atoms with Crippen LogP contribution in [-0.4, -0.2) is 6.61 Å². The Hall–Kier alpha value is -2.03. The first-order chi connectivity index (χ1) is 9.20. The summed E-state index contributed by atoms with van der Waals surface area (Å²) >= 11 is 0. The van der Waals surface area contributed by atoms with Crippen LogP contribution < -0.4 is 10.1 Å². The van der Waals surface area contributed by atoms with Crippen molar-refractivity contribution in [1.29, 1.82) is 0 Å². The van der Waals surface area contributed by atoms with Gasteiger partial charge < -0.3 is 10.1 Å². The highest BCUT2D eigenvalue weighted by Crippen LogP contribution is 2.23. The number of halogens is 1. The summed E-state index contributed by atoms with van der Waals surface area (Å²) in [6.45, 7) is 4.54. The summed E-state index contributed by atoms with van der Waals surface area (Å²) in [5.41, 5.74) is 1.61. The lowest BCUT2D eigenvalue weighted by molar-refractivity contribution is 0.340. The molecule has 0 aliphatic rings. The normalized spacial score (nSPS) is 11.9. The molecule has 0 radical (unpaired) electrons. The number of rotatable bonds is 5. The zero-order valence-electron chi connectivity index (χ0n) is 11.2. The Labute approximate surface area is 113 Å². The lowest BCUT2D eigenvalue weighted by atomic mass is 10.1. The minimum absolute atomic E-state index is 0.0841. The topological polar surface area (TPSA) is 21.3 Å². The van der Waals surface area contributed by atoms with Gasteiger partial charge in [0.15, 0.2) is 0 Å². The van der Waals surface area contributed by atoms with Gasteiger partial charge in [0.05, 0.1) is 12.6 Å². The molecule has 2 aromatic rings. The van der Waals surface area contributed by atoms with E-state index in [2.05, 4.69) is 5.32 Å². The van der Waals surface area contributed by atoms with Crippen LogP contribution in [0.4, 0.5) is 10.1 Å². The molecule has 0 amide bonds. The first-order valence-electron chi connectivity index (χ1n) is 6.44. The molecule has 0 aliphatic heterocycles. The molecule has 1 atom stereocenters. The van der Waals surface area contributed by atoms with E-state index in [-0.39, 0.29) is 11.9 Å². The minimum atomic E-state index is -0.187. The number of benzene rings is 2. The van der Waals surface area contributed by atoms with Crippen LogP contribution in [0, 0.1) is 5.82 Å². The van der Waals surface area contributed by atoms with E-state index in [4.69, 9.17) is 4.74 Å². The van der Waals surface area contributed by atoms with Crippen molar-refractivity contribution in [2.24, 2.45) is 0 Å². The molecule has 0 spiro atoms. The van der Waals surface area contributed by atoms with Crippen molar-refractivity contribution in [2.75, 3.05) is 11.9 Å². The zero-order valence-corrected chi connectivity index (χ0v) is 11.2. The number of nitrogens with one attached hydrogen (secondary N) is 1. The molecular formula is C16H18FNO. The van der Waals surface area contributed by atoms with E-state index in [1.807, 2.05) is 44.2 Å². The van der Waals surface area contributed by atoms with Gasteiger partial charge in [-0.05, 0) is 44.2 Å². The monoisotopic (exact) mass is 259 g/mol. The van der Waals surface area contributed by atoms with Crippen molar-refractivity contribution in [2.45, 2.75) is 19.9 Å². The van der Waals surface area contributed by atoms with Crippen LogP contribution in [0.2, 0.25) is 0 Å². The molecular weight excluding hydrogens is 241 g/mol. The number of anilines is 1. The molecule has 0 saturated carbocycles. The molecule has 0 heterocycles. The van der Waals surface area contributed by atoms with Crippen LogP contribution >= 0.6 is 0 Å². The summed E-state index contributed by atoms with van der Waals surface area (Å²) in [5.74, 6) is 0.653. The fourth-order valence-corrected chi connectivity index (χ4v) is 1.97. The van der Waals surface area contributed by atoms with E-state index in [0.29, 0.717) is 12.2 Å². The SMILES string of the molecule is CCOc1ccc(NC(C)c2ccccc2F)cc1. The van der Waals surface area contributed by atoms with Gasteiger partial charge >= 0.3 is 0 Å². The fraction of sp³-hybridized carbons (Fsp3) is 0.250. The molecule has 2 nitrogen and oxygen atoms in total. The van der Waals surface area contributed by atoms with Crippen LogP contribution in [0.15, 0.2) is 48.5 Å².